The van der Waals surface area contributed by atoms with E-state index in [0.29, 0.717) is 36.5 Å². The number of amides is 3. The summed E-state index contributed by atoms with van der Waals surface area (Å²) in [5.74, 6) is -0.489. The summed E-state index contributed by atoms with van der Waals surface area (Å²) in [5, 5.41) is 22.9. The third-order valence-electron chi connectivity index (χ3n) is 7.84. The zero-order valence-electron chi connectivity index (χ0n) is 21.5. The molecule has 0 spiro atoms. The first-order chi connectivity index (χ1) is 18.2. The molecule has 2 aromatic rings. The number of nitrogens with zero attached hydrogens (tertiary/aromatic N) is 3. The van der Waals surface area contributed by atoms with E-state index in [0.717, 1.165) is 37.8 Å². The highest BCUT2D eigenvalue weighted by atomic mass is 35.5. The Kier molecular flexibility index (Phi) is 7.05. The molecular formula is C27H31ClN6O4. The summed E-state index contributed by atoms with van der Waals surface area (Å²) < 4.78 is 5.60. The number of alkyl carbamates (subject to hydrolysis) is 1. The van der Waals surface area contributed by atoms with Gasteiger partial charge < -0.3 is 20.3 Å². The Morgan fingerprint density at radius 1 is 1.34 bits per heavy atom. The second-order valence-electron chi connectivity index (χ2n) is 10.8. The standard InChI is InChI=1S/C27H31ClN6O4/c1-15(18-7-8-21(19(14-29)24(18)28)34-11-3-4-23(34)35)25(36)30-22-13-20(32-33-22)16-5-6-17(12-16)38-26(37)31-27(2)9-10-27/h7-8,13,15-17H,3-6,9-12H2,1-2H3,(H,31,37)(H2,30,32,33,36)/t15?,16-,17-/m1/s1. The molecule has 3 N–H and O–H groups in total. The summed E-state index contributed by atoms with van der Waals surface area (Å²) >= 11 is 6.56. The lowest BCUT2D eigenvalue weighted by molar-refractivity contribution is -0.118. The number of benzene rings is 1. The van der Waals surface area contributed by atoms with Crippen LogP contribution in [0.25, 0.3) is 0 Å². The number of aromatic nitrogens is 2. The van der Waals surface area contributed by atoms with Crippen molar-refractivity contribution in [2.45, 2.75) is 82.3 Å². The van der Waals surface area contributed by atoms with Crippen LogP contribution in [0.3, 0.4) is 0 Å². The van der Waals surface area contributed by atoms with Crippen molar-refractivity contribution >= 4 is 41.0 Å². The van der Waals surface area contributed by atoms with E-state index in [1.54, 1.807) is 30.0 Å². The number of hydrogen-bond donors (Lipinski definition) is 3. The number of halogens is 1. The molecule has 10 nitrogen and oxygen atoms in total. The molecule has 200 valence electrons. The molecule has 2 aliphatic carbocycles. The van der Waals surface area contributed by atoms with Crippen LogP contribution in [0.2, 0.25) is 5.02 Å². The number of anilines is 2. The molecular weight excluding hydrogens is 508 g/mol. The van der Waals surface area contributed by atoms with Crippen molar-refractivity contribution in [1.82, 2.24) is 15.5 Å². The topological polar surface area (TPSA) is 140 Å². The maximum atomic E-state index is 13.0. The molecule has 3 fully saturated rings. The number of rotatable bonds is 7. The summed E-state index contributed by atoms with van der Waals surface area (Å²) in [7, 11) is 0. The minimum absolute atomic E-state index is 0.0403. The van der Waals surface area contributed by atoms with Gasteiger partial charge >= 0.3 is 6.09 Å². The Balaban J connectivity index is 1.20. The fourth-order valence-corrected chi connectivity index (χ4v) is 5.57. The van der Waals surface area contributed by atoms with Crippen molar-refractivity contribution in [1.29, 1.82) is 5.26 Å². The molecule has 3 amide bonds. The van der Waals surface area contributed by atoms with Crippen LogP contribution in [0.15, 0.2) is 18.2 Å². The highest BCUT2D eigenvalue weighted by molar-refractivity contribution is 6.33. The van der Waals surface area contributed by atoms with Gasteiger partial charge in [0.2, 0.25) is 11.8 Å². The Morgan fingerprint density at radius 3 is 2.82 bits per heavy atom. The van der Waals surface area contributed by atoms with Gasteiger partial charge in [-0.1, -0.05) is 17.7 Å². The van der Waals surface area contributed by atoms with Crippen LogP contribution in [0, 0.1) is 11.3 Å². The van der Waals surface area contributed by atoms with Gasteiger partial charge in [-0.05, 0) is 64.0 Å². The van der Waals surface area contributed by atoms with Crippen LogP contribution in [0.1, 0.15) is 87.4 Å². The number of carbonyl (C=O) groups excluding carboxylic acids is 3. The van der Waals surface area contributed by atoms with Crippen molar-refractivity contribution in [2.24, 2.45) is 0 Å². The van der Waals surface area contributed by atoms with Crippen LogP contribution >= 0.6 is 11.6 Å². The van der Waals surface area contributed by atoms with E-state index in [-0.39, 0.29) is 46.1 Å². The van der Waals surface area contributed by atoms with Crippen LogP contribution in [-0.4, -0.2) is 46.3 Å². The number of H-pyrrole nitrogens is 1. The molecule has 1 aromatic heterocycles. The molecule has 2 saturated carbocycles. The van der Waals surface area contributed by atoms with Crippen LogP contribution in [-0.2, 0) is 14.3 Å². The summed E-state index contributed by atoms with van der Waals surface area (Å²) in [6, 6.07) is 7.28. The number of carbonyl (C=O) groups is 3. The van der Waals surface area contributed by atoms with E-state index < -0.39 is 5.92 Å². The number of nitriles is 1. The average Bonchev–Trinajstić information content (AvgIpc) is 3.28. The maximum absolute atomic E-state index is 13.0. The quantitative estimate of drug-likeness (QED) is 0.466. The zero-order valence-corrected chi connectivity index (χ0v) is 22.2. The molecule has 38 heavy (non-hydrogen) atoms. The number of aromatic amines is 1. The largest absolute Gasteiger partial charge is 0.446 e. The van der Waals surface area contributed by atoms with Crippen molar-refractivity contribution in [2.75, 3.05) is 16.8 Å². The minimum Gasteiger partial charge on any atom is -0.446 e. The van der Waals surface area contributed by atoms with Gasteiger partial charge in [-0.2, -0.15) is 10.4 Å². The zero-order chi connectivity index (χ0) is 27.0. The first-order valence-corrected chi connectivity index (χ1v) is 13.4. The normalized spacial score (nSPS) is 22.6. The predicted molar refractivity (Wildman–Crippen MR) is 141 cm³/mol. The van der Waals surface area contributed by atoms with E-state index in [1.807, 2.05) is 6.92 Å². The lowest BCUT2D eigenvalue weighted by Gasteiger charge is -2.20. The minimum atomic E-state index is -0.658. The smallest absolute Gasteiger partial charge is 0.407 e. The van der Waals surface area contributed by atoms with E-state index >= 15 is 0 Å². The third-order valence-corrected chi connectivity index (χ3v) is 8.24. The van der Waals surface area contributed by atoms with E-state index in [1.165, 1.54) is 0 Å². The van der Waals surface area contributed by atoms with Gasteiger partial charge in [0.1, 0.15) is 12.2 Å². The second kappa shape index (κ2) is 10.3. The van der Waals surface area contributed by atoms with Crippen LogP contribution < -0.4 is 15.5 Å². The summed E-state index contributed by atoms with van der Waals surface area (Å²) in [6.07, 6.45) is 4.93. The van der Waals surface area contributed by atoms with E-state index in [4.69, 9.17) is 16.3 Å². The van der Waals surface area contributed by atoms with Crippen molar-refractivity contribution < 1.29 is 19.1 Å². The van der Waals surface area contributed by atoms with Crippen LogP contribution in [0.5, 0.6) is 0 Å². The molecule has 2 heterocycles. The van der Waals surface area contributed by atoms with Gasteiger partial charge in [-0.3, -0.25) is 14.7 Å². The Hall–Kier alpha value is -3.58. The summed E-state index contributed by atoms with van der Waals surface area (Å²) in [6.45, 7) is 4.26. The maximum Gasteiger partial charge on any atom is 0.407 e. The van der Waals surface area contributed by atoms with Gasteiger partial charge in [0, 0.05) is 36.2 Å². The lowest BCUT2D eigenvalue weighted by Crippen LogP contribution is -2.36. The number of ether oxygens (including phenoxy) is 1. The lowest BCUT2D eigenvalue weighted by atomic mass is 9.97. The highest BCUT2D eigenvalue weighted by Crippen LogP contribution is 2.38. The molecule has 1 aliphatic heterocycles. The van der Waals surface area contributed by atoms with Crippen molar-refractivity contribution in [3.63, 3.8) is 0 Å². The highest BCUT2D eigenvalue weighted by Gasteiger charge is 2.40. The second-order valence-corrected chi connectivity index (χ2v) is 11.1. The fraction of sp³-hybridized carbons (Fsp3) is 0.519. The van der Waals surface area contributed by atoms with Gasteiger partial charge in [-0.15, -0.1) is 0 Å². The molecule has 3 atom stereocenters. The van der Waals surface area contributed by atoms with Gasteiger partial charge in [0.25, 0.3) is 0 Å². The van der Waals surface area contributed by atoms with Crippen molar-refractivity contribution in [3.05, 3.63) is 40.0 Å². The van der Waals surface area contributed by atoms with Gasteiger partial charge in [0.15, 0.2) is 5.82 Å². The van der Waals surface area contributed by atoms with Gasteiger partial charge in [0.05, 0.1) is 22.2 Å². The average molecular weight is 539 g/mol. The Morgan fingerprint density at radius 2 is 2.13 bits per heavy atom. The molecule has 1 saturated heterocycles. The first kappa shape index (κ1) is 26.0. The summed E-state index contributed by atoms with van der Waals surface area (Å²) in [5.41, 5.74) is 1.93. The molecule has 11 heteroatoms. The number of nitrogens with one attached hydrogen (secondary N) is 3. The fourth-order valence-electron chi connectivity index (χ4n) is 5.21. The molecule has 0 bridgehead atoms. The molecule has 0 radical (unpaired) electrons. The number of hydrogen-bond acceptors (Lipinski definition) is 6. The first-order valence-electron chi connectivity index (χ1n) is 13.1. The summed E-state index contributed by atoms with van der Waals surface area (Å²) in [4.78, 5) is 38.9. The molecule has 1 unspecified atom stereocenters. The Bertz CT molecular complexity index is 1310. The van der Waals surface area contributed by atoms with E-state index in [2.05, 4.69) is 26.9 Å². The molecule has 1 aromatic carbocycles. The predicted octanol–water partition coefficient (Wildman–Crippen LogP) is 4.72. The molecule has 3 aliphatic rings. The SMILES string of the molecule is CC(C(=O)Nc1cc([C@@H]2CC[C@@H](OC(=O)NC3(C)CC3)C2)[nH]n1)c1ccc(N2CCCC2=O)c(C#N)c1Cl. The monoisotopic (exact) mass is 538 g/mol. The molecule has 5 rings (SSSR count). The third kappa shape index (κ3) is 5.34. The Labute approximate surface area is 226 Å². The van der Waals surface area contributed by atoms with E-state index in [9.17, 15) is 19.6 Å². The van der Waals surface area contributed by atoms with Gasteiger partial charge in [-0.25, -0.2) is 4.79 Å². The van der Waals surface area contributed by atoms with Crippen molar-refractivity contribution in [3.8, 4) is 6.07 Å². The van der Waals surface area contributed by atoms with Crippen LogP contribution in [0.4, 0.5) is 16.3 Å².